The van der Waals surface area contributed by atoms with Gasteiger partial charge in [-0.05, 0) is 37.2 Å². The molecule has 3 saturated carbocycles. The average molecular weight is 467 g/mol. The summed E-state index contributed by atoms with van der Waals surface area (Å²) in [4.78, 5) is 37.5. The number of rotatable bonds is 4. The molecule has 6 nitrogen and oxygen atoms in total. The molecule has 0 radical (unpaired) electrons. The van der Waals surface area contributed by atoms with Gasteiger partial charge in [-0.25, -0.2) is 8.78 Å². The van der Waals surface area contributed by atoms with E-state index in [0.29, 0.717) is 6.42 Å². The zero-order valence-corrected chi connectivity index (χ0v) is 19.4. The van der Waals surface area contributed by atoms with Gasteiger partial charge < -0.3 is 14.9 Å². The molecule has 0 spiro atoms. The molecular weight excluding hydrogens is 434 g/mol. The van der Waals surface area contributed by atoms with Crippen LogP contribution in [0.5, 0.6) is 0 Å². The van der Waals surface area contributed by atoms with Gasteiger partial charge in [-0.3, -0.25) is 14.4 Å². The van der Waals surface area contributed by atoms with Crippen molar-refractivity contribution >= 4 is 17.5 Å². The van der Waals surface area contributed by atoms with Gasteiger partial charge in [0.15, 0.2) is 11.4 Å². The molecule has 4 rings (SSSR count). The maximum Gasteiger partial charge on any atom is 0.306 e. The van der Waals surface area contributed by atoms with E-state index in [-0.39, 0.29) is 30.8 Å². The van der Waals surface area contributed by atoms with Gasteiger partial charge in [-0.15, -0.1) is 0 Å². The molecule has 0 aromatic rings. The van der Waals surface area contributed by atoms with Gasteiger partial charge in [0, 0.05) is 34.7 Å². The van der Waals surface area contributed by atoms with Crippen LogP contribution in [0.15, 0.2) is 23.6 Å². The van der Waals surface area contributed by atoms with E-state index in [0.717, 1.165) is 6.08 Å². The number of aliphatic hydroxyl groups is 2. The molecule has 0 heterocycles. The van der Waals surface area contributed by atoms with Crippen LogP contribution in [0.1, 0.15) is 53.4 Å². The number of alkyl halides is 1. The number of hydrogen-bond donors (Lipinski definition) is 2. The largest absolute Gasteiger partial charge is 0.450 e. The smallest absolute Gasteiger partial charge is 0.306 e. The standard InChI is InChI=1S/C25H32F2O6/c1-5-19(32)33-25(18(31)11-28)12(2)8-14-13-9-15(26)21-22(27)16(29)6-7-23(21,3)20(13)17(30)10-24(14,25)4/h6-7,12-15,17,20,28,30H,5,8-11H2,1-4H3/t12-,13-,14-,15-,17-,20+,23+,24-,25+/m0/s1. The maximum atomic E-state index is 15.5. The third-order valence-corrected chi connectivity index (χ3v) is 9.21. The molecule has 0 aromatic heterocycles. The van der Waals surface area contributed by atoms with Crippen molar-refractivity contribution in [3.05, 3.63) is 23.6 Å². The van der Waals surface area contributed by atoms with E-state index >= 15 is 4.39 Å². The van der Waals surface area contributed by atoms with E-state index in [9.17, 15) is 29.0 Å². The molecule has 0 aromatic carbocycles. The first-order valence-corrected chi connectivity index (χ1v) is 11.7. The van der Waals surface area contributed by atoms with Crippen LogP contribution >= 0.6 is 0 Å². The summed E-state index contributed by atoms with van der Waals surface area (Å²) in [6.45, 7) is 6.00. The van der Waals surface area contributed by atoms with Crippen molar-refractivity contribution < 1.29 is 38.1 Å². The Bertz CT molecular complexity index is 959. The van der Waals surface area contributed by atoms with E-state index in [1.807, 2.05) is 0 Å². The number of fused-ring (bicyclic) bond motifs is 5. The first kappa shape index (κ1) is 24.2. The number of aliphatic hydroxyl groups excluding tert-OH is 2. The van der Waals surface area contributed by atoms with Crippen LogP contribution in [0, 0.1) is 34.5 Å². The highest BCUT2D eigenvalue weighted by Crippen LogP contribution is 2.69. The summed E-state index contributed by atoms with van der Waals surface area (Å²) in [6, 6.07) is 0. The highest BCUT2D eigenvalue weighted by Gasteiger charge is 2.73. The lowest BCUT2D eigenvalue weighted by molar-refractivity contribution is -0.206. The Kier molecular flexibility index (Phi) is 5.72. The number of hydrogen-bond acceptors (Lipinski definition) is 6. The van der Waals surface area contributed by atoms with Crippen molar-refractivity contribution in [3.8, 4) is 0 Å². The van der Waals surface area contributed by atoms with Gasteiger partial charge >= 0.3 is 5.97 Å². The Morgan fingerprint density at radius 1 is 1.27 bits per heavy atom. The first-order chi connectivity index (χ1) is 15.4. The monoisotopic (exact) mass is 466 g/mol. The number of carbonyl (C=O) groups excluding carboxylic acids is 3. The number of allylic oxidation sites excluding steroid dienone is 4. The Balaban J connectivity index is 1.85. The lowest BCUT2D eigenvalue weighted by Crippen LogP contribution is -2.65. The third kappa shape index (κ3) is 2.99. The lowest BCUT2D eigenvalue weighted by Gasteiger charge is -2.60. The van der Waals surface area contributed by atoms with Crippen molar-refractivity contribution in [2.45, 2.75) is 71.3 Å². The number of halogens is 2. The van der Waals surface area contributed by atoms with E-state index in [1.54, 1.807) is 27.7 Å². The van der Waals surface area contributed by atoms with Crippen LogP contribution in [0.3, 0.4) is 0 Å². The summed E-state index contributed by atoms with van der Waals surface area (Å²) in [5, 5.41) is 21.2. The van der Waals surface area contributed by atoms with Crippen molar-refractivity contribution in [2.75, 3.05) is 6.61 Å². The van der Waals surface area contributed by atoms with Crippen molar-refractivity contribution in [1.82, 2.24) is 0 Å². The molecule has 0 amide bonds. The normalized spacial score (nSPS) is 46.5. The maximum absolute atomic E-state index is 15.5. The second-order valence-electron chi connectivity index (χ2n) is 10.7. The van der Waals surface area contributed by atoms with Gasteiger partial charge in [0.1, 0.15) is 12.8 Å². The summed E-state index contributed by atoms with van der Waals surface area (Å²) >= 11 is 0. The van der Waals surface area contributed by atoms with Crippen LogP contribution in [-0.4, -0.2) is 52.2 Å². The molecular formula is C25H32F2O6. The molecule has 8 heteroatoms. The number of ether oxygens (including phenoxy) is 1. The number of carbonyl (C=O) groups is 3. The second kappa shape index (κ2) is 7.80. The fraction of sp³-hybridized carbons (Fsp3) is 0.720. The highest BCUT2D eigenvalue weighted by molar-refractivity contribution is 6.04. The molecule has 4 aliphatic carbocycles. The third-order valence-electron chi connectivity index (χ3n) is 9.21. The first-order valence-electron chi connectivity index (χ1n) is 11.7. The van der Waals surface area contributed by atoms with E-state index in [1.165, 1.54) is 6.08 Å². The van der Waals surface area contributed by atoms with Gasteiger partial charge in [0.25, 0.3) is 0 Å². The molecule has 3 fully saturated rings. The minimum Gasteiger partial charge on any atom is -0.450 e. The summed E-state index contributed by atoms with van der Waals surface area (Å²) in [5.74, 6) is -4.95. The summed E-state index contributed by atoms with van der Waals surface area (Å²) in [7, 11) is 0. The zero-order valence-electron chi connectivity index (χ0n) is 19.4. The predicted octanol–water partition coefficient (Wildman–Crippen LogP) is 3.01. The second-order valence-corrected chi connectivity index (χ2v) is 10.7. The topological polar surface area (TPSA) is 101 Å². The Labute approximate surface area is 192 Å². The van der Waals surface area contributed by atoms with Crippen molar-refractivity contribution in [1.29, 1.82) is 0 Å². The predicted molar refractivity (Wildman–Crippen MR) is 114 cm³/mol. The van der Waals surface area contributed by atoms with Crippen LogP contribution in [0.25, 0.3) is 0 Å². The fourth-order valence-electron chi connectivity index (χ4n) is 7.99. The minimum atomic E-state index is -1.71. The van der Waals surface area contributed by atoms with Gasteiger partial charge in [-0.1, -0.05) is 33.8 Å². The highest BCUT2D eigenvalue weighted by atomic mass is 19.1. The van der Waals surface area contributed by atoms with Crippen molar-refractivity contribution in [2.24, 2.45) is 34.5 Å². The van der Waals surface area contributed by atoms with E-state index in [4.69, 9.17) is 4.74 Å². The van der Waals surface area contributed by atoms with Crippen LogP contribution in [0.2, 0.25) is 0 Å². The van der Waals surface area contributed by atoms with Crippen LogP contribution in [-0.2, 0) is 19.1 Å². The van der Waals surface area contributed by atoms with Crippen molar-refractivity contribution in [3.63, 3.8) is 0 Å². The molecule has 0 unspecified atom stereocenters. The number of esters is 1. The molecule has 0 saturated heterocycles. The van der Waals surface area contributed by atoms with E-state index in [2.05, 4.69) is 0 Å². The molecule has 0 bridgehead atoms. The molecule has 9 atom stereocenters. The summed E-state index contributed by atoms with van der Waals surface area (Å²) in [5.41, 5.74) is -4.07. The van der Waals surface area contributed by atoms with Gasteiger partial charge in [-0.2, -0.15) is 0 Å². The van der Waals surface area contributed by atoms with Crippen LogP contribution < -0.4 is 0 Å². The molecule has 182 valence electrons. The molecule has 2 N–H and O–H groups in total. The zero-order chi connectivity index (χ0) is 24.5. The SMILES string of the molecule is CCC(=O)O[C@@]1(C(=O)CO)[C@@H](C)C[C@H]2[C@@H]3C[C@H](F)C4=C(F)C(=O)C=C[C@]4(C)[C@H]3[C@@H](O)C[C@@]21C. The number of ketones is 2. The number of Topliss-reactive ketones (excluding diaryl/α,β-unsaturated/α-hetero) is 1. The van der Waals surface area contributed by atoms with E-state index < -0.39 is 76.4 Å². The Morgan fingerprint density at radius 2 is 1.94 bits per heavy atom. The Morgan fingerprint density at radius 3 is 2.55 bits per heavy atom. The van der Waals surface area contributed by atoms with Crippen LogP contribution in [0.4, 0.5) is 8.78 Å². The molecule has 0 aliphatic heterocycles. The minimum absolute atomic E-state index is 0.0411. The Hall–Kier alpha value is -1.93. The van der Waals surface area contributed by atoms with Gasteiger partial charge in [0.05, 0.1) is 6.10 Å². The molecule has 4 aliphatic rings. The fourth-order valence-corrected chi connectivity index (χ4v) is 7.99. The summed E-state index contributed by atoms with van der Waals surface area (Å²) < 4.78 is 36.1. The summed E-state index contributed by atoms with van der Waals surface area (Å²) in [6.07, 6.45) is 0.273. The van der Waals surface area contributed by atoms with Gasteiger partial charge in [0.2, 0.25) is 11.6 Å². The molecule has 33 heavy (non-hydrogen) atoms. The lowest BCUT2D eigenvalue weighted by atomic mass is 9.45. The average Bonchev–Trinajstić information content (AvgIpc) is 2.97. The quantitative estimate of drug-likeness (QED) is 0.618.